The highest BCUT2D eigenvalue weighted by atomic mass is 35.5. The maximum atomic E-state index is 15.3. The van der Waals surface area contributed by atoms with E-state index >= 15 is 4.39 Å². The molecule has 0 bridgehead atoms. The minimum absolute atomic E-state index is 0.133. The van der Waals surface area contributed by atoms with Gasteiger partial charge in [-0.3, -0.25) is 10.2 Å². The summed E-state index contributed by atoms with van der Waals surface area (Å²) in [5.41, 5.74) is 14.0. The van der Waals surface area contributed by atoms with Gasteiger partial charge in [-0.1, -0.05) is 23.2 Å². The van der Waals surface area contributed by atoms with Crippen LogP contribution in [0.25, 0.3) is 0 Å². The Labute approximate surface area is 220 Å². The molecule has 2 aliphatic rings. The number of nitrogens with zero attached hydrogens (tertiary/aromatic N) is 3. The summed E-state index contributed by atoms with van der Waals surface area (Å²) in [7, 11) is 0. The predicted octanol–water partition coefficient (Wildman–Crippen LogP) is 3.92. The Hall–Kier alpha value is -2.33. The second-order valence-corrected chi connectivity index (χ2v) is 10.0. The number of carbonyl (C=O) groups excluding carboxylic acids is 1. The van der Waals surface area contributed by atoms with Crippen LogP contribution in [0.4, 0.5) is 15.8 Å². The molecule has 0 unspecified atom stereocenters. The molecule has 0 aromatic heterocycles. The third-order valence-corrected chi connectivity index (χ3v) is 7.05. The molecule has 0 atom stereocenters. The molecule has 0 spiro atoms. The van der Waals surface area contributed by atoms with Crippen molar-refractivity contribution in [1.29, 1.82) is 0 Å². The summed E-state index contributed by atoms with van der Waals surface area (Å²) in [5.74, 6) is -0.439. The maximum Gasteiger partial charge on any atom is 0.255 e. The topological polar surface area (TPSA) is 76.9 Å². The van der Waals surface area contributed by atoms with Gasteiger partial charge in [0.1, 0.15) is 5.82 Å². The number of nitrogens with two attached hydrogens (primary N) is 1. The fourth-order valence-electron chi connectivity index (χ4n) is 4.62. The number of anilines is 2. The molecule has 2 saturated heterocycles. The van der Waals surface area contributed by atoms with Gasteiger partial charge in [0.05, 0.1) is 16.3 Å². The van der Waals surface area contributed by atoms with Gasteiger partial charge in [0.15, 0.2) is 5.11 Å². The van der Waals surface area contributed by atoms with E-state index in [1.165, 1.54) is 6.42 Å². The lowest BCUT2D eigenvalue weighted by Crippen LogP contribution is -2.49. The van der Waals surface area contributed by atoms with Crippen LogP contribution in [0.1, 0.15) is 35.2 Å². The van der Waals surface area contributed by atoms with Crippen molar-refractivity contribution in [1.82, 2.24) is 15.8 Å². The lowest BCUT2D eigenvalue weighted by atomic mass is 10.0. The zero-order chi connectivity index (χ0) is 24.9. The van der Waals surface area contributed by atoms with Crippen molar-refractivity contribution < 1.29 is 9.18 Å². The molecule has 0 saturated carbocycles. The Kier molecular flexibility index (Phi) is 8.54. The molecule has 2 aromatic carbocycles. The smallest absolute Gasteiger partial charge is 0.255 e. The number of thiocarbonyl (C=S) groups is 1. The number of nitrogens with one attached hydrogen (secondary N) is 2. The molecule has 4 rings (SSSR count). The van der Waals surface area contributed by atoms with Crippen LogP contribution >= 0.6 is 35.4 Å². The summed E-state index contributed by atoms with van der Waals surface area (Å²) in [6, 6.07) is 8.38. The van der Waals surface area contributed by atoms with Gasteiger partial charge >= 0.3 is 0 Å². The van der Waals surface area contributed by atoms with Gasteiger partial charge in [-0.2, -0.15) is 0 Å². The molecular weight excluding hydrogens is 510 g/mol. The molecule has 11 heteroatoms. The zero-order valence-corrected chi connectivity index (χ0v) is 21.7. The number of benzene rings is 2. The van der Waals surface area contributed by atoms with E-state index in [1.54, 1.807) is 29.2 Å². The Balaban J connectivity index is 1.50. The number of piperidine rings is 1. The van der Waals surface area contributed by atoms with Crippen LogP contribution in [0.3, 0.4) is 0 Å². The van der Waals surface area contributed by atoms with Crippen LogP contribution in [0.2, 0.25) is 10.0 Å². The van der Waals surface area contributed by atoms with Crippen LogP contribution in [0.5, 0.6) is 0 Å². The van der Waals surface area contributed by atoms with Gasteiger partial charge in [0.2, 0.25) is 0 Å². The molecule has 35 heavy (non-hydrogen) atoms. The normalized spacial score (nSPS) is 16.4. The highest BCUT2D eigenvalue weighted by molar-refractivity contribution is 7.80. The maximum absolute atomic E-state index is 15.3. The molecule has 2 heterocycles. The second-order valence-electron chi connectivity index (χ2n) is 8.73. The quantitative estimate of drug-likeness (QED) is 0.380. The molecule has 188 valence electrons. The van der Waals surface area contributed by atoms with E-state index in [-0.39, 0.29) is 16.8 Å². The molecule has 2 aliphatic heterocycles. The third-order valence-electron chi connectivity index (χ3n) is 6.40. The van der Waals surface area contributed by atoms with Crippen LogP contribution in [-0.4, -0.2) is 55.2 Å². The first-order valence-corrected chi connectivity index (χ1v) is 12.8. The average Bonchev–Trinajstić information content (AvgIpc) is 2.84. The van der Waals surface area contributed by atoms with Gasteiger partial charge in [0.25, 0.3) is 5.91 Å². The van der Waals surface area contributed by atoms with Gasteiger partial charge in [-0.15, -0.1) is 0 Å². The molecule has 0 aliphatic carbocycles. The van der Waals surface area contributed by atoms with Crippen molar-refractivity contribution in [2.75, 3.05) is 49.1 Å². The lowest BCUT2D eigenvalue weighted by Gasteiger charge is -2.37. The molecule has 7 nitrogen and oxygen atoms in total. The summed E-state index contributed by atoms with van der Waals surface area (Å²) in [6.07, 6.45) is 3.42. The molecular formula is C24H29Cl2FN6OS. The number of carbonyl (C=O) groups is 1. The van der Waals surface area contributed by atoms with Crippen LogP contribution in [0, 0.1) is 5.82 Å². The summed E-state index contributed by atoms with van der Waals surface area (Å²) in [5, 5.41) is 0.946. The van der Waals surface area contributed by atoms with E-state index in [2.05, 4.69) is 15.8 Å². The molecule has 2 aromatic rings. The number of rotatable bonds is 6. The highest BCUT2D eigenvalue weighted by Crippen LogP contribution is 2.33. The van der Waals surface area contributed by atoms with Crippen molar-refractivity contribution in [2.45, 2.75) is 25.8 Å². The van der Waals surface area contributed by atoms with E-state index in [9.17, 15) is 4.79 Å². The first kappa shape index (κ1) is 25.8. The standard InChI is InChI=1S/C24H29Cl2FN6OS/c25-17-4-5-18(19(26)13-17)23(34)33-10-8-32(9-11-33)22-14-21(31-6-2-1-3-7-31)16(12-20(22)27)15-29-30-24(28)35/h4-5,12-14,29H,1-3,6-11,15H2,(H3,28,30,35). The van der Waals surface area contributed by atoms with Crippen LogP contribution < -0.4 is 26.4 Å². The van der Waals surface area contributed by atoms with Crippen molar-refractivity contribution in [3.8, 4) is 0 Å². The Morgan fingerprint density at radius 3 is 2.31 bits per heavy atom. The number of hydrogen-bond acceptors (Lipinski definition) is 5. The first-order valence-electron chi connectivity index (χ1n) is 11.7. The number of piperazine rings is 1. The summed E-state index contributed by atoms with van der Waals surface area (Å²) < 4.78 is 15.3. The van der Waals surface area contributed by atoms with E-state index < -0.39 is 0 Å². The summed E-state index contributed by atoms with van der Waals surface area (Å²) >= 11 is 17.0. The summed E-state index contributed by atoms with van der Waals surface area (Å²) in [6.45, 7) is 4.23. The van der Waals surface area contributed by atoms with Gasteiger partial charge < -0.3 is 20.4 Å². The third kappa shape index (κ3) is 6.27. The molecule has 1 amide bonds. The number of amides is 1. The van der Waals surface area contributed by atoms with Gasteiger partial charge in [-0.25, -0.2) is 9.82 Å². The van der Waals surface area contributed by atoms with Crippen molar-refractivity contribution in [2.24, 2.45) is 5.73 Å². The first-order chi connectivity index (χ1) is 16.8. The zero-order valence-electron chi connectivity index (χ0n) is 19.3. The van der Waals surface area contributed by atoms with E-state index in [4.69, 9.17) is 41.2 Å². The van der Waals surface area contributed by atoms with E-state index in [0.717, 1.165) is 37.2 Å². The Bertz CT molecular complexity index is 1090. The van der Waals surface area contributed by atoms with E-state index in [0.29, 0.717) is 54.0 Å². The Morgan fingerprint density at radius 1 is 0.971 bits per heavy atom. The van der Waals surface area contributed by atoms with Crippen LogP contribution in [-0.2, 0) is 6.54 Å². The monoisotopic (exact) mass is 538 g/mol. The molecule has 0 radical (unpaired) electrons. The van der Waals surface area contributed by atoms with Gasteiger partial charge in [-0.05, 0) is 67.4 Å². The fourth-order valence-corrected chi connectivity index (χ4v) is 5.18. The lowest BCUT2D eigenvalue weighted by molar-refractivity contribution is 0.0747. The van der Waals surface area contributed by atoms with Crippen LogP contribution in [0.15, 0.2) is 30.3 Å². The highest BCUT2D eigenvalue weighted by Gasteiger charge is 2.26. The van der Waals surface area contributed by atoms with Crippen molar-refractivity contribution in [3.05, 3.63) is 57.3 Å². The molecule has 4 N–H and O–H groups in total. The largest absolute Gasteiger partial charge is 0.375 e. The predicted molar refractivity (Wildman–Crippen MR) is 144 cm³/mol. The number of hydrogen-bond donors (Lipinski definition) is 3. The number of hydrazine groups is 1. The second kappa shape index (κ2) is 11.6. The molecule has 2 fully saturated rings. The summed E-state index contributed by atoms with van der Waals surface area (Å²) in [4.78, 5) is 19.0. The van der Waals surface area contributed by atoms with Gasteiger partial charge in [0, 0.05) is 56.5 Å². The van der Waals surface area contributed by atoms with Crippen molar-refractivity contribution in [3.63, 3.8) is 0 Å². The minimum atomic E-state index is -0.293. The fraction of sp³-hybridized carbons (Fsp3) is 0.417. The Morgan fingerprint density at radius 2 is 1.66 bits per heavy atom. The number of halogens is 3. The van der Waals surface area contributed by atoms with Crippen molar-refractivity contribution >= 4 is 57.8 Å². The average molecular weight is 540 g/mol. The minimum Gasteiger partial charge on any atom is -0.375 e. The van der Waals surface area contributed by atoms with E-state index in [1.807, 2.05) is 11.0 Å². The SMILES string of the molecule is NC(=S)NNCc1cc(F)c(N2CCN(C(=O)c3ccc(Cl)cc3Cl)CC2)cc1N1CCCCC1.